The first-order valence-electron chi connectivity index (χ1n) is 4.06. The van der Waals surface area contributed by atoms with Gasteiger partial charge in [-0.25, -0.2) is 4.79 Å². The Morgan fingerprint density at radius 3 is 2.53 bits per heavy atom. The van der Waals surface area contributed by atoms with E-state index in [1.54, 1.807) is 0 Å². The van der Waals surface area contributed by atoms with Crippen LogP contribution in [0.25, 0.3) is 0 Å². The number of nitrogens with one attached hydrogen (secondary N) is 2. The second-order valence-corrected chi connectivity index (χ2v) is 3.25. The van der Waals surface area contributed by atoms with Crippen LogP contribution in [0, 0.1) is 5.41 Å². The van der Waals surface area contributed by atoms with Crippen molar-refractivity contribution in [3.05, 3.63) is 0 Å². The van der Waals surface area contributed by atoms with Crippen molar-refractivity contribution in [3.63, 3.8) is 0 Å². The van der Waals surface area contributed by atoms with E-state index in [2.05, 4.69) is 17.9 Å². The van der Waals surface area contributed by atoms with Gasteiger partial charge in [0.2, 0.25) is 5.91 Å². The maximum absolute atomic E-state index is 11.2. The largest absolute Gasteiger partial charge is 0.480 e. The molecule has 5 N–H and O–H groups in total. The van der Waals surface area contributed by atoms with Crippen molar-refractivity contribution in [2.75, 3.05) is 19.3 Å². The second-order valence-electron chi connectivity index (χ2n) is 2.88. The van der Waals surface area contributed by atoms with Crippen LogP contribution < -0.4 is 11.1 Å². The molecule has 0 saturated heterocycles. The number of amides is 1. The zero-order chi connectivity index (χ0) is 12.0. The third-order valence-corrected chi connectivity index (χ3v) is 1.97. The monoisotopic (exact) mass is 234 g/mol. The highest BCUT2D eigenvalue weighted by atomic mass is 32.1. The summed E-state index contributed by atoms with van der Waals surface area (Å²) >= 11 is 3.78. The number of hydrogen-bond acceptors (Lipinski definition) is 4. The first kappa shape index (κ1) is 13.6. The van der Waals surface area contributed by atoms with Gasteiger partial charge in [-0.3, -0.25) is 10.2 Å². The minimum Gasteiger partial charge on any atom is -0.480 e. The van der Waals surface area contributed by atoms with Crippen molar-refractivity contribution in [3.8, 4) is 0 Å². The molecule has 0 fully saturated rings. The molecule has 0 rings (SSSR count). The van der Waals surface area contributed by atoms with Crippen molar-refractivity contribution in [1.82, 2.24) is 10.2 Å². The number of rotatable bonds is 5. The summed E-state index contributed by atoms with van der Waals surface area (Å²) in [5.41, 5.74) is 5.11. The number of likely N-dealkylation sites (N-methyl/N-ethyl adjacent to an activating group) is 1. The van der Waals surface area contributed by atoms with Crippen LogP contribution in [0.1, 0.15) is 0 Å². The number of carboxylic acid groups (broad SMARTS) is 1. The molecule has 0 bridgehead atoms. The van der Waals surface area contributed by atoms with Gasteiger partial charge in [0, 0.05) is 12.8 Å². The molecule has 0 radical (unpaired) electrons. The van der Waals surface area contributed by atoms with Gasteiger partial charge in [0.05, 0.1) is 6.54 Å². The summed E-state index contributed by atoms with van der Waals surface area (Å²) in [4.78, 5) is 23.0. The van der Waals surface area contributed by atoms with E-state index in [9.17, 15) is 9.59 Å². The Kier molecular flexibility index (Phi) is 5.53. The van der Waals surface area contributed by atoms with Crippen LogP contribution in [0.3, 0.4) is 0 Å². The van der Waals surface area contributed by atoms with Gasteiger partial charge in [-0.15, -0.1) is 0 Å². The van der Waals surface area contributed by atoms with E-state index < -0.39 is 17.9 Å². The zero-order valence-electron chi connectivity index (χ0n) is 8.23. The number of nitrogens with zero attached hydrogens (tertiary/aromatic N) is 1. The highest BCUT2D eigenvalue weighted by Gasteiger charge is 2.18. The van der Waals surface area contributed by atoms with Crippen LogP contribution in [0.5, 0.6) is 0 Å². The Morgan fingerprint density at radius 1 is 1.67 bits per heavy atom. The molecule has 0 saturated carbocycles. The number of guanidine groups is 1. The summed E-state index contributed by atoms with van der Waals surface area (Å²) in [7, 11) is 1.46. The molecule has 1 atom stereocenters. The first-order chi connectivity index (χ1) is 6.88. The maximum Gasteiger partial charge on any atom is 0.327 e. The Hall–Kier alpha value is -1.44. The van der Waals surface area contributed by atoms with Gasteiger partial charge in [0.1, 0.15) is 6.04 Å². The lowest BCUT2D eigenvalue weighted by atomic mass is 10.3. The quantitative estimate of drug-likeness (QED) is 0.221. The summed E-state index contributed by atoms with van der Waals surface area (Å²) in [6.45, 7) is -0.160. The highest BCUT2D eigenvalue weighted by Crippen LogP contribution is 1.89. The normalized spacial score (nSPS) is 11.6. The number of carboxylic acids is 1. The molecule has 0 aromatic carbocycles. The number of hydrogen-bond donors (Lipinski definition) is 5. The predicted molar refractivity (Wildman–Crippen MR) is 58.0 cm³/mol. The molecule has 0 heterocycles. The van der Waals surface area contributed by atoms with E-state index in [0.29, 0.717) is 0 Å². The molecule has 1 amide bonds. The topological polar surface area (TPSA) is 120 Å². The number of aliphatic carboxylic acids is 1. The lowest BCUT2D eigenvalue weighted by Gasteiger charge is -2.18. The summed E-state index contributed by atoms with van der Waals surface area (Å²) in [5.74, 6) is -1.92. The van der Waals surface area contributed by atoms with Crippen molar-refractivity contribution in [2.45, 2.75) is 6.04 Å². The Morgan fingerprint density at radius 2 is 2.20 bits per heavy atom. The first-order valence-corrected chi connectivity index (χ1v) is 4.70. The third-order valence-electron chi connectivity index (χ3n) is 1.61. The molecule has 0 aromatic heterocycles. The number of thiol groups is 1. The van der Waals surface area contributed by atoms with E-state index >= 15 is 0 Å². The second kappa shape index (κ2) is 6.12. The van der Waals surface area contributed by atoms with E-state index in [1.807, 2.05) is 0 Å². The fraction of sp³-hybridized carbons (Fsp3) is 0.571. The number of carbonyl (C=O) groups is 2. The fourth-order valence-corrected chi connectivity index (χ4v) is 0.974. The van der Waals surface area contributed by atoms with Gasteiger partial charge in [-0.1, -0.05) is 0 Å². The molecule has 0 spiro atoms. The molecule has 8 heteroatoms. The maximum atomic E-state index is 11.2. The Balaban J connectivity index is 4.13. The van der Waals surface area contributed by atoms with E-state index in [4.69, 9.17) is 16.2 Å². The van der Waals surface area contributed by atoms with Crippen LogP contribution in [0.15, 0.2) is 0 Å². The van der Waals surface area contributed by atoms with Crippen LogP contribution in [0.4, 0.5) is 0 Å². The fourth-order valence-electron chi connectivity index (χ4n) is 0.726. The minimum atomic E-state index is -1.15. The smallest absolute Gasteiger partial charge is 0.327 e. The van der Waals surface area contributed by atoms with Crippen molar-refractivity contribution in [1.29, 1.82) is 5.41 Å². The average Bonchev–Trinajstić information content (AvgIpc) is 2.13. The molecule has 86 valence electrons. The number of nitrogens with two attached hydrogens (primary N) is 1. The predicted octanol–water partition coefficient (Wildman–Crippen LogP) is -1.69. The van der Waals surface area contributed by atoms with Crippen LogP contribution in [0.2, 0.25) is 0 Å². The van der Waals surface area contributed by atoms with Gasteiger partial charge < -0.3 is 21.1 Å². The number of carbonyl (C=O) groups excluding carboxylic acids is 1. The summed E-state index contributed by atoms with van der Waals surface area (Å²) in [6, 6.07) is -1.03. The van der Waals surface area contributed by atoms with E-state index in [-0.39, 0.29) is 18.3 Å². The Bertz CT molecular complexity index is 271. The lowest BCUT2D eigenvalue weighted by molar-refractivity contribution is -0.141. The molecule has 0 aliphatic heterocycles. The molecular formula is C7H14N4O3S. The van der Waals surface area contributed by atoms with Gasteiger partial charge in [0.25, 0.3) is 0 Å². The third kappa shape index (κ3) is 5.11. The molecule has 1 unspecified atom stereocenters. The van der Waals surface area contributed by atoms with Crippen LogP contribution in [-0.4, -0.2) is 53.2 Å². The average molecular weight is 234 g/mol. The molecule has 0 aliphatic carbocycles. The molecule has 15 heavy (non-hydrogen) atoms. The van der Waals surface area contributed by atoms with Crippen molar-refractivity contribution >= 4 is 30.5 Å². The molecule has 0 aromatic rings. The van der Waals surface area contributed by atoms with Gasteiger partial charge in [-0.2, -0.15) is 12.6 Å². The van der Waals surface area contributed by atoms with Crippen LogP contribution >= 0.6 is 12.6 Å². The lowest BCUT2D eigenvalue weighted by Crippen LogP contribution is -2.47. The SMILES string of the molecule is CN(CC(=O)NC(CS)C(=O)O)C(=N)N. The highest BCUT2D eigenvalue weighted by molar-refractivity contribution is 7.80. The Labute approximate surface area is 92.5 Å². The van der Waals surface area contributed by atoms with Gasteiger partial charge in [0.15, 0.2) is 5.96 Å². The van der Waals surface area contributed by atoms with Crippen molar-refractivity contribution in [2.24, 2.45) is 5.73 Å². The molecule has 7 nitrogen and oxygen atoms in total. The van der Waals surface area contributed by atoms with Gasteiger partial charge in [-0.05, 0) is 0 Å². The standard InChI is InChI=1S/C7H14N4O3S/c1-11(7(8)9)2-5(12)10-4(3-15)6(13)14/h4,15H,2-3H2,1H3,(H3,8,9)(H,10,12)(H,13,14). The van der Waals surface area contributed by atoms with Gasteiger partial charge >= 0.3 is 5.97 Å². The summed E-state index contributed by atoms with van der Waals surface area (Å²) in [5, 5.41) is 17.9. The van der Waals surface area contributed by atoms with E-state index in [0.717, 1.165) is 0 Å². The molecular weight excluding hydrogens is 220 g/mol. The summed E-state index contributed by atoms with van der Waals surface area (Å²) in [6.07, 6.45) is 0. The minimum absolute atomic E-state index is 0.00482. The van der Waals surface area contributed by atoms with E-state index in [1.165, 1.54) is 11.9 Å². The summed E-state index contributed by atoms with van der Waals surface area (Å²) < 4.78 is 0. The van der Waals surface area contributed by atoms with Crippen LogP contribution in [-0.2, 0) is 9.59 Å². The molecule has 0 aliphatic rings. The van der Waals surface area contributed by atoms with Crippen molar-refractivity contribution < 1.29 is 14.7 Å². The zero-order valence-corrected chi connectivity index (χ0v) is 9.12.